The van der Waals surface area contributed by atoms with E-state index in [9.17, 15) is 0 Å². The lowest BCUT2D eigenvalue weighted by Crippen LogP contribution is -1.99. The summed E-state index contributed by atoms with van der Waals surface area (Å²) in [6.45, 7) is 1.92. The van der Waals surface area contributed by atoms with Gasteiger partial charge in [0.1, 0.15) is 5.82 Å². The van der Waals surface area contributed by atoms with E-state index in [4.69, 9.17) is 11.0 Å². The fourth-order valence-electron chi connectivity index (χ4n) is 1.47. The fraction of sp³-hybridized carbons (Fsp3) is 0.0909. The maximum atomic E-state index is 8.78. The lowest BCUT2D eigenvalue weighted by atomic mass is 10.2. The summed E-state index contributed by atoms with van der Waals surface area (Å²) in [5, 5.41) is 12.9. The summed E-state index contributed by atoms with van der Waals surface area (Å²) < 4.78 is 1.72. The topological polar surface area (TPSA) is 67.6 Å². The Kier molecular flexibility index (Phi) is 2.14. The molecule has 4 heteroatoms. The molecule has 0 amide bonds. The van der Waals surface area contributed by atoms with Crippen molar-refractivity contribution in [2.24, 2.45) is 0 Å². The highest BCUT2D eigenvalue weighted by Crippen LogP contribution is 2.14. The average Bonchev–Trinajstić information content (AvgIpc) is 2.58. The SMILES string of the molecule is Cc1cc(N)nn1-c1cccc(C#N)c1. The number of aromatic nitrogens is 2. The molecule has 0 aliphatic heterocycles. The molecule has 0 spiro atoms. The van der Waals surface area contributed by atoms with E-state index in [0.29, 0.717) is 11.4 Å². The first-order valence-electron chi connectivity index (χ1n) is 4.53. The van der Waals surface area contributed by atoms with E-state index in [1.807, 2.05) is 19.1 Å². The molecule has 15 heavy (non-hydrogen) atoms. The quantitative estimate of drug-likeness (QED) is 0.757. The molecular formula is C11H10N4. The highest BCUT2D eigenvalue weighted by atomic mass is 15.3. The molecule has 0 saturated heterocycles. The number of nitrogens with zero attached hydrogens (tertiary/aromatic N) is 3. The van der Waals surface area contributed by atoms with Crippen LogP contribution in [0.4, 0.5) is 5.82 Å². The maximum Gasteiger partial charge on any atom is 0.146 e. The summed E-state index contributed by atoms with van der Waals surface area (Å²) in [6.07, 6.45) is 0. The number of hydrogen-bond donors (Lipinski definition) is 1. The minimum atomic E-state index is 0.481. The Hall–Kier alpha value is -2.28. The van der Waals surface area contributed by atoms with Crippen LogP contribution in [0, 0.1) is 18.3 Å². The number of rotatable bonds is 1. The zero-order valence-electron chi connectivity index (χ0n) is 8.31. The molecular weight excluding hydrogens is 188 g/mol. The molecule has 74 valence electrons. The van der Waals surface area contributed by atoms with Crippen LogP contribution in [0.15, 0.2) is 30.3 Å². The van der Waals surface area contributed by atoms with Gasteiger partial charge in [-0.15, -0.1) is 0 Å². The number of hydrogen-bond acceptors (Lipinski definition) is 3. The van der Waals surface area contributed by atoms with Gasteiger partial charge in [-0.25, -0.2) is 4.68 Å². The predicted molar refractivity (Wildman–Crippen MR) is 57.4 cm³/mol. The van der Waals surface area contributed by atoms with Crippen LogP contribution in [0.25, 0.3) is 5.69 Å². The van der Waals surface area contributed by atoms with Crippen LogP contribution in [0.2, 0.25) is 0 Å². The Bertz CT molecular complexity index is 534. The summed E-state index contributed by atoms with van der Waals surface area (Å²) in [6, 6.07) is 11.1. The lowest BCUT2D eigenvalue weighted by Gasteiger charge is -2.03. The van der Waals surface area contributed by atoms with Gasteiger partial charge in [0, 0.05) is 11.8 Å². The Morgan fingerprint density at radius 3 is 2.80 bits per heavy atom. The van der Waals surface area contributed by atoms with Crippen molar-refractivity contribution in [1.82, 2.24) is 9.78 Å². The molecule has 0 radical (unpaired) electrons. The molecule has 1 aromatic carbocycles. The number of benzene rings is 1. The van der Waals surface area contributed by atoms with Gasteiger partial charge in [-0.3, -0.25) is 0 Å². The second-order valence-electron chi connectivity index (χ2n) is 3.28. The lowest BCUT2D eigenvalue weighted by molar-refractivity contribution is 0.851. The van der Waals surface area contributed by atoms with Crippen LogP contribution in [-0.4, -0.2) is 9.78 Å². The van der Waals surface area contributed by atoms with Gasteiger partial charge in [-0.1, -0.05) is 6.07 Å². The molecule has 0 aliphatic carbocycles. The number of nitriles is 1. The smallest absolute Gasteiger partial charge is 0.146 e. The van der Waals surface area contributed by atoms with Crippen LogP contribution in [0.1, 0.15) is 11.3 Å². The number of aryl methyl sites for hydroxylation is 1. The van der Waals surface area contributed by atoms with E-state index in [0.717, 1.165) is 11.4 Å². The number of nitrogens with two attached hydrogens (primary N) is 1. The largest absolute Gasteiger partial charge is 0.382 e. The summed E-state index contributed by atoms with van der Waals surface area (Å²) in [4.78, 5) is 0. The molecule has 0 atom stereocenters. The van der Waals surface area contributed by atoms with Gasteiger partial charge in [0.25, 0.3) is 0 Å². The van der Waals surface area contributed by atoms with Crippen molar-refractivity contribution in [1.29, 1.82) is 5.26 Å². The average molecular weight is 198 g/mol. The fourth-order valence-corrected chi connectivity index (χ4v) is 1.47. The van der Waals surface area contributed by atoms with E-state index >= 15 is 0 Å². The Labute approximate surface area is 87.6 Å². The van der Waals surface area contributed by atoms with Crippen molar-refractivity contribution in [2.45, 2.75) is 6.92 Å². The van der Waals surface area contributed by atoms with Crippen LogP contribution in [-0.2, 0) is 0 Å². The summed E-state index contributed by atoms with van der Waals surface area (Å²) in [5.41, 5.74) is 8.00. The van der Waals surface area contributed by atoms with Crippen molar-refractivity contribution < 1.29 is 0 Å². The van der Waals surface area contributed by atoms with Crippen molar-refractivity contribution in [2.75, 3.05) is 5.73 Å². The van der Waals surface area contributed by atoms with Gasteiger partial charge >= 0.3 is 0 Å². The summed E-state index contributed by atoms with van der Waals surface area (Å²) in [7, 11) is 0. The number of anilines is 1. The Morgan fingerprint density at radius 2 is 2.20 bits per heavy atom. The Balaban J connectivity index is 2.55. The molecule has 1 aromatic heterocycles. The van der Waals surface area contributed by atoms with Gasteiger partial charge in [-0.05, 0) is 25.1 Å². The monoisotopic (exact) mass is 198 g/mol. The van der Waals surface area contributed by atoms with E-state index in [2.05, 4.69) is 11.2 Å². The molecule has 0 unspecified atom stereocenters. The molecule has 0 bridgehead atoms. The third-order valence-corrected chi connectivity index (χ3v) is 2.13. The second-order valence-corrected chi connectivity index (χ2v) is 3.28. The van der Waals surface area contributed by atoms with Gasteiger partial charge in [0.05, 0.1) is 17.3 Å². The maximum absolute atomic E-state index is 8.78. The predicted octanol–water partition coefficient (Wildman–Crippen LogP) is 1.63. The van der Waals surface area contributed by atoms with E-state index in [1.165, 1.54) is 0 Å². The van der Waals surface area contributed by atoms with Crippen molar-refractivity contribution in [3.63, 3.8) is 0 Å². The van der Waals surface area contributed by atoms with E-state index in [-0.39, 0.29) is 0 Å². The van der Waals surface area contributed by atoms with Gasteiger partial charge in [-0.2, -0.15) is 10.4 Å². The van der Waals surface area contributed by atoms with Crippen molar-refractivity contribution in [3.05, 3.63) is 41.6 Å². The van der Waals surface area contributed by atoms with Crippen LogP contribution in [0.5, 0.6) is 0 Å². The summed E-state index contributed by atoms with van der Waals surface area (Å²) in [5.74, 6) is 0.481. The molecule has 2 N–H and O–H groups in total. The third kappa shape index (κ3) is 1.67. The minimum Gasteiger partial charge on any atom is -0.382 e. The van der Waals surface area contributed by atoms with E-state index < -0.39 is 0 Å². The first-order chi connectivity index (χ1) is 7.20. The second kappa shape index (κ2) is 3.46. The standard InChI is InChI=1S/C11H10N4/c1-8-5-11(13)14-15(8)10-4-2-3-9(6-10)7-12/h2-6H,1H3,(H2,13,14). The highest BCUT2D eigenvalue weighted by Gasteiger charge is 2.04. The highest BCUT2D eigenvalue weighted by molar-refractivity contribution is 5.43. The van der Waals surface area contributed by atoms with Crippen molar-refractivity contribution in [3.8, 4) is 11.8 Å². The first kappa shape index (κ1) is 9.28. The molecule has 2 aromatic rings. The number of nitrogen functional groups attached to an aromatic ring is 1. The summed E-state index contributed by atoms with van der Waals surface area (Å²) >= 11 is 0. The zero-order valence-corrected chi connectivity index (χ0v) is 8.31. The Morgan fingerprint density at radius 1 is 1.40 bits per heavy atom. The minimum absolute atomic E-state index is 0.481. The van der Waals surface area contributed by atoms with Gasteiger partial charge in [0.15, 0.2) is 0 Å². The third-order valence-electron chi connectivity index (χ3n) is 2.13. The first-order valence-corrected chi connectivity index (χ1v) is 4.53. The van der Waals surface area contributed by atoms with Crippen LogP contribution >= 0.6 is 0 Å². The molecule has 0 fully saturated rings. The van der Waals surface area contributed by atoms with E-state index in [1.54, 1.807) is 22.9 Å². The molecule has 1 heterocycles. The molecule has 2 rings (SSSR count). The molecule has 0 saturated carbocycles. The van der Waals surface area contributed by atoms with Gasteiger partial charge < -0.3 is 5.73 Å². The zero-order chi connectivity index (χ0) is 10.8. The normalized spacial score (nSPS) is 9.87. The van der Waals surface area contributed by atoms with Gasteiger partial charge in [0.2, 0.25) is 0 Å². The van der Waals surface area contributed by atoms with Crippen LogP contribution < -0.4 is 5.73 Å². The van der Waals surface area contributed by atoms with Crippen LogP contribution in [0.3, 0.4) is 0 Å². The van der Waals surface area contributed by atoms with Crippen molar-refractivity contribution >= 4 is 5.82 Å². The molecule has 4 nitrogen and oxygen atoms in total. The molecule has 0 aliphatic rings.